The van der Waals surface area contributed by atoms with Gasteiger partial charge in [0.2, 0.25) is 0 Å². The standard InChI is InChI=1S/C13H25NS/c1-13(9-6-10-15-13)11-14-12-7-4-2-3-5-8-12/h12,14H,2-11H2,1H3. The minimum atomic E-state index is 0.548. The van der Waals surface area contributed by atoms with Crippen LogP contribution >= 0.6 is 11.8 Å². The Kier molecular flexibility index (Phi) is 4.39. The summed E-state index contributed by atoms with van der Waals surface area (Å²) in [5.74, 6) is 1.38. The Labute approximate surface area is 98.8 Å². The summed E-state index contributed by atoms with van der Waals surface area (Å²) in [6.45, 7) is 3.68. The lowest BCUT2D eigenvalue weighted by Gasteiger charge is -2.26. The van der Waals surface area contributed by atoms with E-state index in [1.54, 1.807) is 0 Å². The van der Waals surface area contributed by atoms with Crippen molar-refractivity contribution in [3.8, 4) is 0 Å². The van der Waals surface area contributed by atoms with E-state index in [1.807, 2.05) is 0 Å². The van der Waals surface area contributed by atoms with Crippen LogP contribution < -0.4 is 5.32 Å². The largest absolute Gasteiger partial charge is 0.313 e. The monoisotopic (exact) mass is 227 g/mol. The molecule has 88 valence electrons. The fraction of sp³-hybridized carbons (Fsp3) is 1.00. The molecule has 0 spiro atoms. The van der Waals surface area contributed by atoms with E-state index in [1.165, 1.54) is 63.7 Å². The molecule has 1 heterocycles. The zero-order valence-electron chi connectivity index (χ0n) is 10.1. The van der Waals surface area contributed by atoms with Crippen molar-refractivity contribution >= 4 is 11.8 Å². The number of hydrogen-bond donors (Lipinski definition) is 1. The van der Waals surface area contributed by atoms with Crippen molar-refractivity contribution in [3.05, 3.63) is 0 Å². The number of thioether (sulfide) groups is 1. The predicted octanol–water partition coefficient (Wildman–Crippen LogP) is 3.58. The first-order valence-corrected chi connectivity index (χ1v) is 7.64. The first-order chi connectivity index (χ1) is 7.29. The van der Waals surface area contributed by atoms with Crippen molar-refractivity contribution in [3.63, 3.8) is 0 Å². The second-order valence-corrected chi connectivity index (χ2v) is 7.15. The molecule has 1 N–H and O–H groups in total. The van der Waals surface area contributed by atoms with Crippen LogP contribution in [0.3, 0.4) is 0 Å². The molecule has 1 saturated carbocycles. The van der Waals surface area contributed by atoms with Crippen LogP contribution in [0.1, 0.15) is 58.3 Å². The molecule has 15 heavy (non-hydrogen) atoms. The molecule has 0 radical (unpaired) electrons. The van der Waals surface area contributed by atoms with E-state index in [2.05, 4.69) is 24.0 Å². The second-order valence-electron chi connectivity index (χ2n) is 5.47. The molecular weight excluding hydrogens is 202 g/mol. The van der Waals surface area contributed by atoms with Gasteiger partial charge >= 0.3 is 0 Å². The lowest BCUT2D eigenvalue weighted by molar-refractivity contribution is 0.425. The normalized spacial score (nSPS) is 34.2. The fourth-order valence-electron chi connectivity index (χ4n) is 2.82. The fourth-order valence-corrected chi connectivity index (χ4v) is 4.08. The van der Waals surface area contributed by atoms with Crippen LogP contribution in [0.5, 0.6) is 0 Å². The van der Waals surface area contributed by atoms with E-state index in [0.29, 0.717) is 4.75 Å². The summed E-state index contributed by atoms with van der Waals surface area (Å²) < 4.78 is 0.548. The minimum absolute atomic E-state index is 0.548. The minimum Gasteiger partial charge on any atom is -0.313 e. The molecule has 1 atom stereocenters. The van der Waals surface area contributed by atoms with Crippen LogP contribution in [0.2, 0.25) is 0 Å². The van der Waals surface area contributed by atoms with Gasteiger partial charge < -0.3 is 5.32 Å². The van der Waals surface area contributed by atoms with Crippen LogP contribution in [-0.2, 0) is 0 Å². The molecule has 2 heteroatoms. The Hall–Kier alpha value is 0.310. The molecule has 1 aliphatic carbocycles. The van der Waals surface area contributed by atoms with E-state index in [-0.39, 0.29) is 0 Å². The third-order valence-electron chi connectivity index (χ3n) is 3.92. The zero-order chi connectivity index (χ0) is 10.6. The van der Waals surface area contributed by atoms with E-state index in [9.17, 15) is 0 Å². The van der Waals surface area contributed by atoms with Crippen LogP contribution in [0.25, 0.3) is 0 Å². The molecule has 0 bridgehead atoms. The third kappa shape index (κ3) is 3.67. The summed E-state index contributed by atoms with van der Waals surface area (Å²) in [4.78, 5) is 0. The summed E-state index contributed by atoms with van der Waals surface area (Å²) in [6.07, 6.45) is 11.5. The van der Waals surface area contributed by atoms with Crippen molar-refractivity contribution in [2.24, 2.45) is 0 Å². The van der Waals surface area contributed by atoms with Gasteiger partial charge in [0.05, 0.1) is 0 Å². The molecule has 0 amide bonds. The second kappa shape index (κ2) is 5.58. The molecule has 0 aromatic rings. The lowest BCUT2D eigenvalue weighted by Crippen LogP contribution is -2.39. The number of nitrogens with one attached hydrogen (secondary N) is 1. The summed E-state index contributed by atoms with van der Waals surface area (Å²) >= 11 is 2.18. The molecule has 1 aliphatic heterocycles. The maximum atomic E-state index is 3.82. The quantitative estimate of drug-likeness (QED) is 0.740. The van der Waals surface area contributed by atoms with Gasteiger partial charge in [-0.1, -0.05) is 25.7 Å². The van der Waals surface area contributed by atoms with Crippen LogP contribution in [0.4, 0.5) is 0 Å². The highest BCUT2D eigenvalue weighted by atomic mass is 32.2. The highest BCUT2D eigenvalue weighted by Crippen LogP contribution is 2.37. The van der Waals surface area contributed by atoms with Gasteiger partial charge in [0.15, 0.2) is 0 Å². The average Bonchev–Trinajstić information content (AvgIpc) is 2.53. The van der Waals surface area contributed by atoms with E-state index >= 15 is 0 Å². The van der Waals surface area contributed by atoms with Crippen molar-refractivity contribution in [2.75, 3.05) is 12.3 Å². The highest BCUT2D eigenvalue weighted by Gasteiger charge is 2.29. The molecule has 1 nitrogen and oxygen atoms in total. The summed E-state index contributed by atoms with van der Waals surface area (Å²) in [5, 5.41) is 3.82. The van der Waals surface area contributed by atoms with Gasteiger partial charge in [0.25, 0.3) is 0 Å². The van der Waals surface area contributed by atoms with Crippen LogP contribution in [0.15, 0.2) is 0 Å². The summed E-state index contributed by atoms with van der Waals surface area (Å²) in [5.41, 5.74) is 0. The Morgan fingerprint density at radius 3 is 2.47 bits per heavy atom. The average molecular weight is 227 g/mol. The van der Waals surface area contributed by atoms with Gasteiger partial charge in [-0.25, -0.2) is 0 Å². The van der Waals surface area contributed by atoms with Gasteiger partial charge in [-0.15, -0.1) is 0 Å². The highest BCUT2D eigenvalue weighted by molar-refractivity contribution is 8.00. The Bertz CT molecular complexity index is 179. The lowest BCUT2D eigenvalue weighted by atomic mass is 10.0. The maximum Gasteiger partial charge on any atom is 0.0256 e. The Morgan fingerprint density at radius 1 is 1.13 bits per heavy atom. The Balaban J connectivity index is 1.71. The van der Waals surface area contributed by atoms with Crippen molar-refractivity contribution in [1.29, 1.82) is 0 Å². The third-order valence-corrected chi connectivity index (χ3v) is 5.46. The zero-order valence-corrected chi connectivity index (χ0v) is 10.9. The molecular formula is C13H25NS. The molecule has 2 rings (SSSR count). The maximum absolute atomic E-state index is 3.82. The summed E-state index contributed by atoms with van der Waals surface area (Å²) in [6, 6.07) is 0.825. The molecule has 0 aromatic heterocycles. The van der Waals surface area contributed by atoms with Gasteiger partial charge in [-0.2, -0.15) is 11.8 Å². The van der Waals surface area contributed by atoms with E-state index in [4.69, 9.17) is 0 Å². The smallest absolute Gasteiger partial charge is 0.0256 e. The van der Waals surface area contributed by atoms with Crippen molar-refractivity contribution < 1.29 is 0 Å². The molecule has 0 aromatic carbocycles. The first-order valence-electron chi connectivity index (χ1n) is 6.66. The first kappa shape index (κ1) is 11.8. The topological polar surface area (TPSA) is 12.0 Å². The van der Waals surface area contributed by atoms with E-state index < -0.39 is 0 Å². The van der Waals surface area contributed by atoms with Crippen LogP contribution in [0, 0.1) is 0 Å². The van der Waals surface area contributed by atoms with Gasteiger partial charge in [-0.05, 0) is 38.4 Å². The van der Waals surface area contributed by atoms with Gasteiger partial charge in [-0.3, -0.25) is 0 Å². The molecule has 2 fully saturated rings. The van der Waals surface area contributed by atoms with E-state index in [0.717, 1.165) is 6.04 Å². The Morgan fingerprint density at radius 2 is 1.87 bits per heavy atom. The van der Waals surface area contributed by atoms with Gasteiger partial charge in [0.1, 0.15) is 0 Å². The molecule has 1 unspecified atom stereocenters. The molecule has 2 aliphatic rings. The van der Waals surface area contributed by atoms with Crippen molar-refractivity contribution in [1.82, 2.24) is 5.32 Å². The SMILES string of the molecule is CC1(CNC2CCCCCC2)CCCS1. The summed E-state index contributed by atoms with van der Waals surface area (Å²) in [7, 11) is 0. The number of rotatable bonds is 3. The van der Waals surface area contributed by atoms with Gasteiger partial charge in [0, 0.05) is 17.3 Å². The predicted molar refractivity (Wildman–Crippen MR) is 69.6 cm³/mol. The number of hydrogen-bond acceptors (Lipinski definition) is 2. The van der Waals surface area contributed by atoms with Crippen LogP contribution in [-0.4, -0.2) is 23.1 Å². The molecule has 1 saturated heterocycles. The van der Waals surface area contributed by atoms with Crippen molar-refractivity contribution in [2.45, 2.75) is 69.1 Å².